The van der Waals surface area contributed by atoms with Crippen molar-refractivity contribution in [3.05, 3.63) is 59.9 Å². The molecule has 0 radical (unpaired) electrons. The lowest BCUT2D eigenvalue weighted by Crippen LogP contribution is -2.44. The minimum absolute atomic E-state index is 0.0284. The number of nitrogens with one attached hydrogen (secondary N) is 2. The Balaban J connectivity index is 2.13. The summed E-state index contributed by atoms with van der Waals surface area (Å²) in [6, 6.07) is 3.07. The summed E-state index contributed by atoms with van der Waals surface area (Å²) in [5.74, 6) is -3.52. The van der Waals surface area contributed by atoms with Crippen molar-refractivity contribution in [2.45, 2.75) is 44.8 Å². The van der Waals surface area contributed by atoms with E-state index in [1.165, 1.54) is 6.08 Å². The quantitative estimate of drug-likeness (QED) is 0.684. The Morgan fingerprint density at radius 1 is 1.21 bits per heavy atom. The molecule has 0 spiro atoms. The first-order valence-corrected chi connectivity index (χ1v) is 9.35. The van der Waals surface area contributed by atoms with Crippen LogP contribution in [0.5, 0.6) is 0 Å². The highest BCUT2D eigenvalue weighted by Crippen LogP contribution is 2.20. The molecule has 1 saturated carbocycles. The van der Waals surface area contributed by atoms with Gasteiger partial charge >= 0.3 is 0 Å². The maximum absolute atomic E-state index is 13.9. The molecular weight excluding hydrogens is 380 g/mol. The molecule has 0 aliphatic heterocycles. The average Bonchev–Trinajstić information content (AvgIpc) is 2.71. The van der Waals surface area contributed by atoms with Crippen molar-refractivity contribution >= 4 is 17.5 Å². The van der Waals surface area contributed by atoms with Gasteiger partial charge in [-0.1, -0.05) is 18.7 Å². The van der Waals surface area contributed by atoms with Crippen molar-refractivity contribution in [2.75, 3.05) is 7.11 Å². The van der Waals surface area contributed by atoms with Gasteiger partial charge in [-0.25, -0.2) is 13.8 Å². The summed E-state index contributed by atoms with van der Waals surface area (Å²) in [7, 11) is 1.66. The van der Waals surface area contributed by atoms with E-state index in [0.717, 1.165) is 50.1 Å². The van der Waals surface area contributed by atoms with Crippen LogP contribution in [0.3, 0.4) is 0 Å². The van der Waals surface area contributed by atoms with Crippen LogP contribution in [-0.2, 0) is 9.53 Å². The highest BCUT2D eigenvalue weighted by molar-refractivity contribution is 6.45. The normalized spacial score (nSPS) is 20.1. The number of carbonyl (C=O) groups excluding carboxylic acids is 2. The molecule has 0 aromatic heterocycles. The van der Waals surface area contributed by atoms with Gasteiger partial charge in [0.15, 0.2) is 5.71 Å². The maximum atomic E-state index is 13.9. The number of halogens is 2. The molecule has 29 heavy (non-hydrogen) atoms. The van der Waals surface area contributed by atoms with E-state index in [2.05, 4.69) is 22.2 Å². The highest BCUT2D eigenvalue weighted by atomic mass is 19.1. The molecule has 1 fully saturated rings. The zero-order valence-electron chi connectivity index (χ0n) is 16.5. The second kappa shape index (κ2) is 10.6. The number of allylic oxidation sites excluding steroid dienone is 1. The van der Waals surface area contributed by atoms with E-state index in [9.17, 15) is 18.4 Å². The van der Waals surface area contributed by atoms with Gasteiger partial charge in [-0.2, -0.15) is 0 Å². The van der Waals surface area contributed by atoms with Gasteiger partial charge in [0, 0.05) is 19.4 Å². The first-order chi connectivity index (χ1) is 13.9. The van der Waals surface area contributed by atoms with Crippen LogP contribution in [0.4, 0.5) is 8.78 Å². The van der Waals surface area contributed by atoms with Crippen LogP contribution in [-0.4, -0.2) is 36.8 Å². The largest absolute Gasteiger partial charge is 0.381 e. The molecule has 0 unspecified atom stereocenters. The average molecular weight is 405 g/mol. The third-order valence-corrected chi connectivity index (χ3v) is 4.76. The maximum Gasteiger partial charge on any atom is 0.272 e. The number of hydrogen-bond acceptors (Lipinski definition) is 4. The molecule has 2 N–H and O–H groups in total. The van der Waals surface area contributed by atoms with Crippen molar-refractivity contribution in [3.8, 4) is 0 Å². The van der Waals surface area contributed by atoms with Crippen LogP contribution in [0.2, 0.25) is 0 Å². The van der Waals surface area contributed by atoms with E-state index in [1.54, 1.807) is 14.0 Å². The fourth-order valence-corrected chi connectivity index (χ4v) is 3.21. The number of ether oxygens (including phenoxy) is 1. The van der Waals surface area contributed by atoms with E-state index in [0.29, 0.717) is 0 Å². The molecular formula is C21H25F2N3O3. The molecule has 0 saturated heterocycles. The first-order valence-electron chi connectivity index (χ1n) is 9.35. The van der Waals surface area contributed by atoms with Gasteiger partial charge in [0.05, 0.1) is 11.8 Å². The monoisotopic (exact) mass is 405 g/mol. The molecule has 0 bridgehead atoms. The molecule has 156 valence electrons. The van der Waals surface area contributed by atoms with Crippen LogP contribution in [0.25, 0.3) is 0 Å². The Kier molecular flexibility index (Phi) is 8.21. The van der Waals surface area contributed by atoms with Gasteiger partial charge in [-0.15, -0.1) is 0 Å². The number of rotatable bonds is 7. The van der Waals surface area contributed by atoms with Crippen molar-refractivity contribution in [2.24, 2.45) is 4.99 Å². The molecule has 1 aromatic carbocycles. The van der Waals surface area contributed by atoms with Crippen molar-refractivity contribution in [3.63, 3.8) is 0 Å². The summed E-state index contributed by atoms with van der Waals surface area (Å²) in [5.41, 5.74) is -0.801. The zero-order chi connectivity index (χ0) is 21.4. The van der Waals surface area contributed by atoms with E-state index < -0.39 is 29.0 Å². The molecule has 1 aliphatic carbocycles. The van der Waals surface area contributed by atoms with E-state index in [1.807, 2.05) is 0 Å². The van der Waals surface area contributed by atoms with Gasteiger partial charge in [-0.3, -0.25) is 9.59 Å². The molecule has 8 heteroatoms. The Morgan fingerprint density at radius 3 is 2.34 bits per heavy atom. The summed E-state index contributed by atoms with van der Waals surface area (Å²) < 4.78 is 33.1. The second-order valence-electron chi connectivity index (χ2n) is 6.60. The summed E-state index contributed by atoms with van der Waals surface area (Å²) in [4.78, 5) is 29.1. The minimum Gasteiger partial charge on any atom is -0.381 e. The summed E-state index contributed by atoms with van der Waals surface area (Å²) in [6.45, 7) is 5.06. The predicted octanol–water partition coefficient (Wildman–Crippen LogP) is 3.26. The SMILES string of the molecule is C=CN=C(C(=O)NC1CCC(OC)CC1)/C(=C\C)NC(=O)c1c(F)cccc1F. The number of amides is 2. The minimum atomic E-state index is -1.01. The van der Waals surface area contributed by atoms with Crippen molar-refractivity contribution < 1.29 is 23.1 Å². The Morgan fingerprint density at radius 2 is 1.83 bits per heavy atom. The highest BCUT2D eigenvalue weighted by Gasteiger charge is 2.26. The lowest BCUT2D eigenvalue weighted by molar-refractivity contribution is -0.115. The molecule has 2 amide bonds. The van der Waals surface area contributed by atoms with Gasteiger partial charge in [0.25, 0.3) is 11.8 Å². The van der Waals surface area contributed by atoms with E-state index in [-0.39, 0.29) is 23.6 Å². The third kappa shape index (κ3) is 5.80. The Hall–Kier alpha value is -2.87. The first kappa shape index (κ1) is 22.4. The Bertz CT molecular complexity index is 808. The third-order valence-electron chi connectivity index (χ3n) is 4.76. The number of nitrogens with zero attached hydrogens (tertiary/aromatic N) is 1. The zero-order valence-corrected chi connectivity index (χ0v) is 16.5. The van der Waals surface area contributed by atoms with Gasteiger partial charge in [-0.05, 0) is 44.7 Å². The number of benzene rings is 1. The van der Waals surface area contributed by atoms with E-state index >= 15 is 0 Å². The molecule has 6 nitrogen and oxygen atoms in total. The molecule has 0 atom stereocenters. The number of methoxy groups -OCH3 is 1. The fourth-order valence-electron chi connectivity index (χ4n) is 3.21. The standard InChI is InChI=1S/C21H25F2N3O3/c1-4-17(26-20(27)18-15(22)7-6-8-16(18)23)19(24-5-2)21(28)25-13-9-11-14(29-3)12-10-13/h4-8,13-14H,2,9-12H2,1,3H3,(H,25,28)(H,26,27)/b17-4+,24-19?. The molecule has 0 heterocycles. The lowest BCUT2D eigenvalue weighted by Gasteiger charge is -2.28. The summed E-state index contributed by atoms with van der Waals surface area (Å²) in [5, 5.41) is 5.25. The lowest BCUT2D eigenvalue weighted by atomic mass is 9.93. The van der Waals surface area contributed by atoms with Crippen molar-refractivity contribution in [1.29, 1.82) is 0 Å². The molecule has 1 aliphatic rings. The fraction of sp³-hybridized carbons (Fsp3) is 0.381. The van der Waals surface area contributed by atoms with Gasteiger partial charge < -0.3 is 15.4 Å². The van der Waals surface area contributed by atoms with Crippen LogP contribution in [0.1, 0.15) is 43.0 Å². The van der Waals surface area contributed by atoms with Crippen LogP contribution in [0.15, 0.2) is 47.7 Å². The number of hydrogen-bond donors (Lipinski definition) is 2. The van der Waals surface area contributed by atoms with Crippen molar-refractivity contribution in [1.82, 2.24) is 10.6 Å². The van der Waals surface area contributed by atoms with Gasteiger partial charge in [0.1, 0.15) is 17.2 Å². The number of aliphatic imine (C=N–C) groups is 1. The summed E-state index contributed by atoms with van der Waals surface area (Å²) >= 11 is 0. The topological polar surface area (TPSA) is 79.8 Å². The predicted molar refractivity (Wildman–Crippen MR) is 106 cm³/mol. The summed E-state index contributed by atoms with van der Waals surface area (Å²) in [6.07, 6.45) is 5.94. The second-order valence-corrected chi connectivity index (χ2v) is 6.60. The van der Waals surface area contributed by atoms with Crippen LogP contribution in [0, 0.1) is 11.6 Å². The van der Waals surface area contributed by atoms with Crippen LogP contribution >= 0.6 is 0 Å². The smallest absolute Gasteiger partial charge is 0.272 e. The Labute approximate surface area is 168 Å². The van der Waals surface area contributed by atoms with Gasteiger partial charge in [0.2, 0.25) is 0 Å². The molecule has 2 rings (SSSR count). The number of carbonyl (C=O) groups is 2. The molecule has 1 aromatic rings. The van der Waals surface area contributed by atoms with Crippen LogP contribution < -0.4 is 10.6 Å². The van der Waals surface area contributed by atoms with E-state index in [4.69, 9.17) is 4.74 Å².